The van der Waals surface area contributed by atoms with E-state index in [0.717, 1.165) is 25.7 Å². The van der Waals surface area contributed by atoms with Gasteiger partial charge in [0.15, 0.2) is 0 Å². The van der Waals surface area contributed by atoms with Crippen LogP contribution in [0.1, 0.15) is 36.0 Å². The van der Waals surface area contributed by atoms with Crippen LogP contribution in [0.2, 0.25) is 10.0 Å². The minimum absolute atomic E-state index is 0.132. The average molecular weight is 365 g/mol. The third kappa shape index (κ3) is 4.40. The summed E-state index contributed by atoms with van der Waals surface area (Å²) in [6.45, 7) is 0. The molecule has 1 aromatic carbocycles. The molecule has 0 bridgehead atoms. The Bertz CT molecular complexity index is 701. The molecule has 1 N–H and O–H groups in total. The van der Waals surface area contributed by atoms with Crippen LogP contribution in [0.3, 0.4) is 0 Å². The first-order chi connectivity index (χ1) is 11.6. The molecular weight excluding hydrogens is 347 g/mol. The number of carbonyl (C=O) groups is 1. The maximum Gasteiger partial charge on any atom is 0.253 e. The molecular formula is C18H18Cl2N2O2. The Labute approximate surface area is 151 Å². The number of hydrogen-bond donors (Lipinski definition) is 1. The monoisotopic (exact) mass is 364 g/mol. The Balaban J connectivity index is 1.51. The van der Waals surface area contributed by atoms with Crippen molar-refractivity contribution in [2.45, 2.75) is 37.8 Å². The van der Waals surface area contributed by atoms with Gasteiger partial charge in [-0.05, 0) is 49.9 Å². The summed E-state index contributed by atoms with van der Waals surface area (Å²) in [6.07, 6.45) is 5.37. The number of ether oxygens (including phenoxy) is 1. The Morgan fingerprint density at radius 2 is 1.92 bits per heavy atom. The zero-order valence-corrected chi connectivity index (χ0v) is 14.6. The highest BCUT2D eigenvalue weighted by molar-refractivity contribution is 6.36. The summed E-state index contributed by atoms with van der Waals surface area (Å²) >= 11 is 11.9. The molecule has 1 aliphatic carbocycles. The number of halogens is 2. The Morgan fingerprint density at radius 1 is 1.12 bits per heavy atom. The molecule has 2 aromatic rings. The van der Waals surface area contributed by atoms with Crippen molar-refractivity contribution in [1.82, 2.24) is 10.3 Å². The van der Waals surface area contributed by atoms with Gasteiger partial charge in [0.25, 0.3) is 5.91 Å². The molecule has 1 saturated carbocycles. The molecule has 1 fully saturated rings. The number of benzene rings is 1. The fraction of sp³-hybridized carbons (Fsp3) is 0.333. The van der Waals surface area contributed by atoms with Gasteiger partial charge in [0.05, 0.1) is 10.6 Å². The van der Waals surface area contributed by atoms with Crippen molar-refractivity contribution in [2.24, 2.45) is 0 Å². The SMILES string of the molecule is O=C(NC1CCC(Oc2ccccn2)CC1)c1ccc(Cl)cc1Cl. The van der Waals surface area contributed by atoms with E-state index in [1.807, 2.05) is 18.2 Å². The lowest BCUT2D eigenvalue weighted by molar-refractivity contribution is 0.0890. The van der Waals surface area contributed by atoms with Gasteiger partial charge in [-0.1, -0.05) is 29.3 Å². The molecule has 0 spiro atoms. The molecule has 24 heavy (non-hydrogen) atoms. The zero-order chi connectivity index (χ0) is 16.9. The van der Waals surface area contributed by atoms with E-state index in [-0.39, 0.29) is 18.1 Å². The smallest absolute Gasteiger partial charge is 0.253 e. The van der Waals surface area contributed by atoms with Crippen molar-refractivity contribution in [3.8, 4) is 5.88 Å². The van der Waals surface area contributed by atoms with Crippen molar-refractivity contribution >= 4 is 29.1 Å². The molecule has 0 aliphatic heterocycles. The second-order valence-corrected chi connectivity index (χ2v) is 6.70. The number of aromatic nitrogens is 1. The van der Waals surface area contributed by atoms with Gasteiger partial charge in [-0.2, -0.15) is 0 Å². The second kappa shape index (κ2) is 7.86. The zero-order valence-electron chi connectivity index (χ0n) is 13.0. The lowest BCUT2D eigenvalue weighted by atomic mass is 9.92. The van der Waals surface area contributed by atoms with Gasteiger partial charge in [0.2, 0.25) is 5.88 Å². The molecule has 1 aliphatic rings. The van der Waals surface area contributed by atoms with Crippen molar-refractivity contribution in [3.63, 3.8) is 0 Å². The van der Waals surface area contributed by atoms with Crippen LogP contribution >= 0.6 is 23.2 Å². The lowest BCUT2D eigenvalue weighted by Crippen LogP contribution is -2.39. The van der Waals surface area contributed by atoms with Crippen LogP contribution in [0.5, 0.6) is 5.88 Å². The average Bonchev–Trinajstić information content (AvgIpc) is 2.57. The van der Waals surface area contributed by atoms with Gasteiger partial charge in [-0.3, -0.25) is 4.79 Å². The molecule has 3 rings (SSSR count). The van der Waals surface area contributed by atoms with E-state index in [0.29, 0.717) is 21.5 Å². The second-order valence-electron chi connectivity index (χ2n) is 5.86. The van der Waals surface area contributed by atoms with Crippen molar-refractivity contribution in [3.05, 3.63) is 58.2 Å². The quantitative estimate of drug-likeness (QED) is 0.868. The summed E-state index contributed by atoms with van der Waals surface area (Å²) in [5.41, 5.74) is 0.452. The standard InChI is InChI=1S/C18H18Cl2N2O2/c19-12-4-9-15(16(20)11-12)18(23)22-13-5-7-14(8-6-13)24-17-3-1-2-10-21-17/h1-4,9-11,13-14H,5-8H2,(H,22,23). The van der Waals surface area contributed by atoms with E-state index in [2.05, 4.69) is 10.3 Å². The molecule has 1 heterocycles. The van der Waals surface area contributed by atoms with E-state index in [1.54, 1.807) is 24.4 Å². The summed E-state index contributed by atoms with van der Waals surface area (Å²) in [4.78, 5) is 16.5. The van der Waals surface area contributed by atoms with Crippen LogP contribution in [0, 0.1) is 0 Å². The molecule has 0 saturated heterocycles. The molecule has 1 amide bonds. The van der Waals surface area contributed by atoms with Crippen LogP contribution in [-0.2, 0) is 0 Å². The summed E-state index contributed by atoms with van der Waals surface area (Å²) < 4.78 is 5.87. The topological polar surface area (TPSA) is 51.2 Å². The summed E-state index contributed by atoms with van der Waals surface area (Å²) in [6, 6.07) is 10.7. The van der Waals surface area contributed by atoms with Crippen molar-refractivity contribution in [2.75, 3.05) is 0 Å². The van der Waals surface area contributed by atoms with Crippen LogP contribution in [0.25, 0.3) is 0 Å². The molecule has 4 nitrogen and oxygen atoms in total. The lowest BCUT2D eigenvalue weighted by Gasteiger charge is -2.29. The Morgan fingerprint density at radius 3 is 2.58 bits per heavy atom. The van der Waals surface area contributed by atoms with Gasteiger partial charge in [-0.15, -0.1) is 0 Å². The van der Waals surface area contributed by atoms with Crippen molar-refractivity contribution in [1.29, 1.82) is 0 Å². The first-order valence-corrected chi connectivity index (χ1v) is 8.71. The number of nitrogens with zero attached hydrogens (tertiary/aromatic N) is 1. The molecule has 0 atom stereocenters. The molecule has 126 valence electrons. The molecule has 0 radical (unpaired) electrons. The Hall–Kier alpha value is -1.78. The largest absolute Gasteiger partial charge is 0.474 e. The van der Waals surface area contributed by atoms with E-state index in [9.17, 15) is 4.79 Å². The van der Waals surface area contributed by atoms with Gasteiger partial charge in [0.1, 0.15) is 6.10 Å². The fourth-order valence-corrected chi connectivity index (χ4v) is 3.34. The van der Waals surface area contributed by atoms with Gasteiger partial charge >= 0.3 is 0 Å². The number of pyridine rings is 1. The van der Waals surface area contributed by atoms with Crippen LogP contribution in [0.4, 0.5) is 0 Å². The molecule has 6 heteroatoms. The Kier molecular flexibility index (Phi) is 5.59. The van der Waals surface area contributed by atoms with Gasteiger partial charge in [0, 0.05) is 23.3 Å². The van der Waals surface area contributed by atoms with Gasteiger partial charge in [-0.25, -0.2) is 4.98 Å². The van der Waals surface area contributed by atoms with E-state index in [1.165, 1.54) is 0 Å². The third-order valence-electron chi connectivity index (χ3n) is 4.11. The summed E-state index contributed by atoms with van der Waals surface area (Å²) in [5.74, 6) is 0.490. The van der Waals surface area contributed by atoms with Crippen molar-refractivity contribution < 1.29 is 9.53 Å². The van der Waals surface area contributed by atoms with E-state index >= 15 is 0 Å². The molecule has 0 unspecified atom stereocenters. The van der Waals surface area contributed by atoms with Crippen LogP contribution < -0.4 is 10.1 Å². The highest BCUT2D eigenvalue weighted by Gasteiger charge is 2.24. The normalized spacial score (nSPS) is 20.4. The predicted molar refractivity (Wildman–Crippen MR) is 94.8 cm³/mol. The maximum absolute atomic E-state index is 12.3. The van der Waals surface area contributed by atoms with E-state index < -0.39 is 0 Å². The summed E-state index contributed by atoms with van der Waals surface area (Å²) in [7, 11) is 0. The minimum Gasteiger partial charge on any atom is -0.474 e. The van der Waals surface area contributed by atoms with E-state index in [4.69, 9.17) is 27.9 Å². The molecule has 1 aromatic heterocycles. The van der Waals surface area contributed by atoms with Crippen LogP contribution in [-0.4, -0.2) is 23.0 Å². The highest BCUT2D eigenvalue weighted by Crippen LogP contribution is 2.24. The maximum atomic E-state index is 12.3. The summed E-state index contributed by atoms with van der Waals surface area (Å²) in [5, 5.41) is 3.93. The highest BCUT2D eigenvalue weighted by atomic mass is 35.5. The van der Waals surface area contributed by atoms with Crippen LogP contribution in [0.15, 0.2) is 42.6 Å². The number of nitrogens with one attached hydrogen (secondary N) is 1. The first kappa shape index (κ1) is 17.1. The number of hydrogen-bond acceptors (Lipinski definition) is 3. The van der Waals surface area contributed by atoms with Gasteiger partial charge < -0.3 is 10.1 Å². The number of amides is 1. The third-order valence-corrected chi connectivity index (χ3v) is 4.66. The number of rotatable bonds is 4. The first-order valence-electron chi connectivity index (χ1n) is 7.95. The predicted octanol–water partition coefficient (Wildman–Crippen LogP) is 4.51. The number of carbonyl (C=O) groups excluding carboxylic acids is 1. The minimum atomic E-state index is -0.161. The fourth-order valence-electron chi connectivity index (χ4n) is 2.85.